The number of carbonyl (C=O) groups excluding carboxylic acids is 4. The molecule has 0 saturated carbocycles. The van der Waals surface area contributed by atoms with Crippen LogP contribution in [-0.2, 0) is 23.9 Å². The maximum absolute atomic E-state index is 13.4. The summed E-state index contributed by atoms with van der Waals surface area (Å²) in [5, 5.41) is 14.6. The third-order valence-electron chi connectivity index (χ3n) is 4.45. The van der Waals surface area contributed by atoms with Gasteiger partial charge in [-0.3, -0.25) is 14.4 Å². The van der Waals surface area contributed by atoms with E-state index in [9.17, 15) is 24.3 Å². The molecule has 0 aliphatic heterocycles. The van der Waals surface area contributed by atoms with E-state index < -0.39 is 54.7 Å². The maximum atomic E-state index is 13.4. The van der Waals surface area contributed by atoms with Gasteiger partial charge < -0.3 is 30.1 Å². The second-order valence-corrected chi connectivity index (χ2v) is 8.57. The molecule has 0 heterocycles. The van der Waals surface area contributed by atoms with Crippen molar-refractivity contribution in [3.05, 3.63) is 42.0 Å². The molecule has 3 N–H and O–H groups in total. The highest BCUT2D eigenvalue weighted by molar-refractivity contribution is 7.80. The van der Waals surface area contributed by atoms with E-state index in [4.69, 9.17) is 4.74 Å². The smallest absolute Gasteiger partial charge is 0.408 e. The van der Waals surface area contributed by atoms with E-state index in [0.29, 0.717) is 11.1 Å². The van der Waals surface area contributed by atoms with Crippen LogP contribution in [-0.4, -0.2) is 78.1 Å². The molecule has 0 aliphatic rings. The molecular formula is C23H33N3O7S. The van der Waals surface area contributed by atoms with Crippen LogP contribution in [0.25, 0.3) is 6.08 Å². The zero-order chi connectivity index (χ0) is 25.9. The van der Waals surface area contributed by atoms with Crippen LogP contribution in [0.5, 0.6) is 0 Å². The number of nitrogens with zero attached hydrogens (tertiary/aromatic N) is 1. The van der Waals surface area contributed by atoms with E-state index in [1.807, 2.05) is 0 Å². The zero-order valence-corrected chi connectivity index (χ0v) is 20.8. The summed E-state index contributed by atoms with van der Waals surface area (Å²) in [5.74, 6) is -2.11. The van der Waals surface area contributed by atoms with E-state index in [0.717, 1.165) is 4.90 Å². The van der Waals surface area contributed by atoms with Crippen LogP contribution in [0.4, 0.5) is 4.79 Å². The first kappa shape index (κ1) is 29.0. The summed E-state index contributed by atoms with van der Waals surface area (Å²) >= 11 is 4.17. The van der Waals surface area contributed by atoms with E-state index >= 15 is 0 Å². The van der Waals surface area contributed by atoms with Gasteiger partial charge in [-0.2, -0.15) is 12.6 Å². The van der Waals surface area contributed by atoms with Gasteiger partial charge in [-0.25, -0.2) is 4.79 Å². The van der Waals surface area contributed by atoms with E-state index in [2.05, 4.69) is 34.6 Å². The summed E-state index contributed by atoms with van der Waals surface area (Å²) in [5.41, 5.74) is 0.314. The van der Waals surface area contributed by atoms with Crippen LogP contribution in [0.3, 0.4) is 0 Å². The minimum absolute atomic E-state index is 0.0940. The average Bonchev–Trinajstić information content (AvgIpc) is 2.79. The van der Waals surface area contributed by atoms with Gasteiger partial charge >= 0.3 is 12.1 Å². The number of esters is 1. The van der Waals surface area contributed by atoms with Crippen LogP contribution >= 0.6 is 12.6 Å². The van der Waals surface area contributed by atoms with Gasteiger partial charge in [-0.15, -0.1) is 0 Å². The van der Waals surface area contributed by atoms with E-state index in [1.54, 1.807) is 51.1 Å². The number of carbonyl (C=O) groups is 4. The predicted octanol–water partition coefficient (Wildman–Crippen LogP) is 1.30. The Labute approximate surface area is 205 Å². The molecule has 11 heteroatoms. The minimum Gasteiger partial charge on any atom is -0.468 e. The number of rotatable bonds is 11. The predicted molar refractivity (Wildman–Crippen MR) is 130 cm³/mol. The largest absolute Gasteiger partial charge is 0.468 e. The van der Waals surface area contributed by atoms with E-state index in [-0.39, 0.29) is 12.3 Å². The Bertz CT molecular complexity index is 886. The molecule has 10 nitrogen and oxygen atoms in total. The van der Waals surface area contributed by atoms with Crippen LogP contribution in [0.15, 0.2) is 30.8 Å². The molecule has 0 aliphatic carbocycles. The summed E-state index contributed by atoms with van der Waals surface area (Å²) in [6.45, 7) is 7.64. The molecule has 2 unspecified atom stereocenters. The molecule has 3 amide bonds. The average molecular weight is 496 g/mol. The van der Waals surface area contributed by atoms with Crippen molar-refractivity contribution in [2.45, 2.75) is 38.5 Å². The third kappa shape index (κ3) is 9.06. The van der Waals surface area contributed by atoms with Gasteiger partial charge in [0.05, 0.1) is 13.7 Å². The summed E-state index contributed by atoms with van der Waals surface area (Å²) < 4.78 is 9.77. The molecule has 0 spiro atoms. The molecule has 0 radical (unpaired) electrons. The third-order valence-corrected chi connectivity index (χ3v) is 4.82. The van der Waals surface area contributed by atoms with Gasteiger partial charge in [0.2, 0.25) is 11.8 Å². The molecule has 188 valence electrons. The molecule has 2 atom stereocenters. The van der Waals surface area contributed by atoms with Crippen molar-refractivity contribution >= 4 is 42.6 Å². The van der Waals surface area contributed by atoms with Crippen LogP contribution in [0.1, 0.15) is 37.9 Å². The Hall–Kier alpha value is -3.05. The highest BCUT2D eigenvalue weighted by Gasteiger charge is 2.35. The fraction of sp³-hybridized carbons (Fsp3) is 0.478. The lowest BCUT2D eigenvalue weighted by atomic mass is 10.0. The summed E-state index contributed by atoms with van der Waals surface area (Å²) in [6, 6.07) is 4.35. The van der Waals surface area contributed by atoms with Gasteiger partial charge in [0.15, 0.2) is 0 Å². The number of hydrogen-bond donors (Lipinski definition) is 4. The van der Waals surface area contributed by atoms with Crippen molar-refractivity contribution in [2.75, 3.05) is 32.6 Å². The fourth-order valence-electron chi connectivity index (χ4n) is 2.97. The zero-order valence-electron chi connectivity index (χ0n) is 19.9. The number of nitrogens with one attached hydrogen (secondary N) is 2. The van der Waals surface area contributed by atoms with Crippen molar-refractivity contribution in [1.82, 2.24) is 15.5 Å². The number of alkyl carbamates (subject to hydrolysis) is 1. The van der Waals surface area contributed by atoms with Crippen LogP contribution in [0.2, 0.25) is 0 Å². The number of benzene rings is 1. The number of hydrogen-bond acceptors (Lipinski definition) is 8. The van der Waals surface area contributed by atoms with Crippen molar-refractivity contribution in [3.8, 4) is 0 Å². The number of methoxy groups -OCH3 is 1. The molecule has 0 fully saturated rings. The monoisotopic (exact) mass is 495 g/mol. The second-order valence-electron chi connectivity index (χ2n) is 8.21. The first-order chi connectivity index (χ1) is 16.0. The van der Waals surface area contributed by atoms with Gasteiger partial charge in [0, 0.05) is 12.3 Å². The van der Waals surface area contributed by atoms with Gasteiger partial charge in [0.25, 0.3) is 0 Å². The van der Waals surface area contributed by atoms with Crippen molar-refractivity contribution in [3.63, 3.8) is 0 Å². The van der Waals surface area contributed by atoms with Crippen molar-refractivity contribution < 1.29 is 33.8 Å². The first-order valence-corrected chi connectivity index (χ1v) is 11.2. The summed E-state index contributed by atoms with van der Waals surface area (Å²) in [6.07, 6.45) is 0.746. The first-order valence-electron chi connectivity index (χ1n) is 10.6. The SMILES string of the molecule is C=Cc1cccc(C(C(=O)NCC(=O)OC)N(CCO)C(=O)C(CS)NC(=O)OC(C)(C)C)c1. The number of thiol groups is 1. The van der Waals surface area contributed by atoms with Gasteiger partial charge in [-0.05, 0) is 38.0 Å². The molecule has 34 heavy (non-hydrogen) atoms. The number of amides is 3. The lowest BCUT2D eigenvalue weighted by Gasteiger charge is -2.33. The molecule has 0 bridgehead atoms. The number of aliphatic hydroxyl groups is 1. The van der Waals surface area contributed by atoms with Crippen LogP contribution < -0.4 is 10.6 Å². The Balaban J connectivity index is 3.36. The second kappa shape index (κ2) is 13.6. The molecule has 1 aromatic carbocycles. The Morgan fingerprint density at radius 2 is 1.94 bits per heavy atom. The van der Waals surface area contributed by atoms with E-state index in [1.165, 1.54) is 7.11 Å². The normalized spacial score (nSPS) is 12.6. The highest BCUT2D eigenvalue weighted by Crippen LogP contribution is 2.24. The molecule has 0 aromatic heterocycles. The maximum Gasteiger partial charge on any atom is 0.408 e. The number of ether oxygens (including phenoxy) is 2. The summed E-state index contributed by atoms with van der Waals surface area (Å²) in [4.78, 5) is 51.5. The Morgan fingerprint density at radius 1 is 1.26 bits per heavy atom. The molecular weight excluding hydrogens is 462 g/mol. The summed E-state index contributed by atoms with van der Waals surface area (Å²) in [7, 11) is 1.18. The van der Waals surface area contributed by atoms with Gasteiger partial charge in [0.1, 0.15) is 24.2 Å². The molecule has 1 rings (SSSR count). The molecule has 1 aromatic rings. The Kier molecular flexibility index (Phi) is 11.6. The van der Waals surface area contributed by atoms with Gasteiger partial charge in [-0.1, -0.05) is 30.9 Å². The standard InChI is InChI=1S/C23H33N3O7S/c1-6-15-8-7-9-16(12-15)19(20(29)24-13-18(28)32-5)26(10-11-27)21(30)17(14-34)25-22(31)33-23(2,3)4/h6-9,12,17,19,27,34H,1,10-11,13-14H2,2-5H3,(H,24,29)(H,25,31). The van der Waals surface area contributed by atoms with Crippen LogP contribution in [0, 0.1) is 0 Å². The fourth-order valence-corrected chi connectivity index (χ4v) is 3.21. The molecule has 0 saturated heterocycles. The number of aliphatic hydroxyl groups excluding tert-OH is 1. The van der Waals surface area contributed by atoms with Crippen molar-refractivity contribution in [2.24, 2.45) is 0 Å². The highest BCUT2D eigenvalue weighted by atomic mass is 32.1. The van der Waals surface area contributed by atoms with Crippen molar-refractivity contribution in [1.29, 1.82) is 0 Å². The lowest BCUT2D eigenvalue weighted by Crippen LogP contribution is -2.54. The quantitative estimate of drug-likeness (QED) is 0.269. The lowest BCUT2D eigenvalue weighted by molar-refractivity contribution is -0.144. The topological polar surface area (TPSA) is 134 Å². The minimum atomic E-state index is -1.23. The Morgan fingerprint density at radius 3 is 2.47 bits per heavy atom.